The molecule has 116 valence electrons. The van der Waals surface area contributed by atoms with Crippen molar-refractivity contribution in [2.75, 3.05) is 19.8 Å². The van der Waals surface area contributed by atoms with Crippen LogP contribution in [0.3, 0.4) is 0 Å². The summed E-state index contributed by atoms with van der Waals surface area (Å²) in [6, 6.07) is 7.85. The standard InChI is InChI=1S/C16H16N6O/c1-22(2)8-13-20-14-15(23-13)10-4-3-9(11-5-6-18-21-11)7-12(10)19-16(14)17/h3-7H,8H2,1-2H3,(H2,17,19)(H,18,21). The molecule has 0 aliphatic carbocycles. The van der Waals surface area contributed by atoms with Gasteiger partial charge in [-0.05, 0) is 32.3 Å². The molecule has 0 fully saturated rings. The molecule has 1 aromatic carbocycles. The van der Waals surface area contributed by atoms with Crippen LogP contribution in [-0.2, 0) is 6.54 Å². The molecule has 0 bridgehead atoms. The lowest BCUT2D eigenvalue weighted by Crippen LogP contribution is -2.10. The summed E-state index contributed by atoms with van der Waals surface area (Å²) in [4.78, 5) is 10.9. The smallest absolute Gasteiger partial charge is 0.209 e. The first-order valence-electron chi connectivity index (χ1n) is 7.25. The number of anilines is 1. The van der Waals surface area contributed by atoms with Gasteiger partial charge in [0.15, 0.2) is 16.9 Å². The number of benzene rings is 1. The first-order valence-corrected chi connectivity index (χ1v) is 7.25. The maximum absolute atomic E-state index is 6.07. The SMILES string of the molecule is CN(C)Cc1nc2c(N)nc3cc(-c4ccn[nH]4)ccc3c2o1. The molecular weight excluding hydrogens is 292 g/mol. The molecule has 0 aliphatic rings. The molecule has 7 nitrogen and oxygen atoms in total. The van der Waals surface area contributed by atoms with Crippen molar-refractivity contribution < 1.29 is 4.42 Å². The number of nitrogens with two attached hydrogens (primary N) is 1. The van der Waals surface area contributed by atoms with Gasteiger partial charge in [-0.1, -0.05) is 6.07 Å². The number of nitrogens with zero attached hydrogens (tertiary/aromatic N) is 4. The van der Waals surface area contributed by atoms with Crippen molar-refractivity contribution in [1.29, 1.82) is 0 Å². The fourth-order valence-corrected chi connectivity index (χ4v) is 2.64. The summed E-state index contributed by atoms with van der Waals surface area (Å²) >= 11 is 0. The Morgan fingerprint density at radius 3 is 2.83 bits per heavy atom. The molecule has 0 spiro atoms. The lowest BCUT2D eigenvalue weighted by atomic mass is 10.1. The predicted octanol–water partition coefficient (Wildman–Crippen LogP) is 2.41. The van der Waals surface area contributed by atoms with Crippen LogP contribution in [0.15, 0.2) is 34.9 Å². The lowest BCUT2D eigenvalue weighted by molar-refractivity contribution is 0.349. The zero-order chi connectivity index (χ0) is 16.0. The Bertz CT molecular complexity index is 987. The zero-order valence-electron chi connectivity index (χ0n) is 12.9. The molecule has 0 unspecified atom stereocenters. The van der Waals surface area contributed by atoms with E-state index < -0.39 is 0 Å². The van der Waals surface area contributed by atoms with E-state index in [9.17, 15) is 0 Å². The van der Waals surface area contributed by atoms with E-state index in [1.54, 1.807) is 6.20 Å². The van der Waals surface area contributed by atoms with Crippen molar-refractivity contribution in [3.63, 3.8) is 0 Å². The van der Waals surface area contributed by atoms with Crippen LogP contribution in [0.1, 0.15) is 5.89 Å². The van der Waals surface area contributed by atoms with Crippen LogP contribution in [0.5, 0.6) is 0 Å². The van der Waals surface area contributed by atoms with Gasteiger partial charge in [-0.25, -0.2) is 9.97 Å². The Labute approximate surface area is 132 Å². The predicted molar refractivity (Wildman–Crippen MR) is 88.7 cm³/mol. The Morgan fingerprint density at radius 2 is 2.09 bits per heavy atom. The minimum atomic E-state index is 0.378. The number of aromatic amines is 1. The monoisotopic (exact) mass is 308 g/mol. The summed E-state index contributed by atoms with van der Waals surface area (Å²) in [7, 11) is 3.93. The van der Waals surface area contributed by atoms with Crippen molar-refractivity contribution in [2.24, 2.45) is 0 Å². The van der Waals surface area contributed by atoms with Gasteiger partial charge in [-0.3, -0.25) is 5.10 Å². The molecule has 0 atom stereocenters. The molecule has 4 rings (SSSR count). The number of aromatic nitrogens is 4. The van der Waals surface area contributed by atoms with Gasteiger partial charge in [-0.2, -0.15) is 5.10 Å². The molecule has 0 saturated heterocycles. The van der Waals surface area contributed by atoms with E-state index in [1.807, 2.05) is 43.3 Å². The van der Waals surface area contributed by atoms with Crippen molar-refractivity contribution in [3.8, 4) is 11.3 Å². The molecule has 3 aromatic heterocycles. The summed E-state index contributed by atoms with van der Waals surface area (Å²) in [6.45, 7) is 0.613. The van der Waals surface area contributed by atoms with Gasteiger partial charge < -0.3 is 15.1 Å². The van der Waals surface area contributed by atoms with Gasteiger partial charge in [0.05, 0.1) is 17.8 Å². The van der Waals surface area contributed by atoms with Gasteiger partial charge in [0.1, 0.15) is 0 Å². The second-order valence-corrected chi connectivity index (χ2v) is 5.72. The van der Waals surface area contributed by atoms with Crippen molar-refractivity contribution in [2.45, 2.75) is 6.54 Å². The first kappa shape index (κ1) is 13.7. The summed E-state index contributed by atoms with van der Waals surface area (Å²) in [5.41, 5.74) is 10.1. The van der Waals surface area contributed by atoms with Crippen LogP contribution < -0.4 is 5.73 Å². The van der Waals surface area contributed by atoms with Crippen LogP contribution in [0.2, 0.25) is 0 Å². The molecule has 23 heavy (non-hydrogen) atoms. The second-order valence-electron chi connectivity index (χ2n) is 5.72. The van der Waals surface area contributed by atoms with Crippen molar-refractivity contribution >= 4 is 27.8 Å². The number of hydrogen-bond donors (Lipinski definition) is 2. The van der Waals surface area contributed by atoms with E-state index in [2.05, 4.69) is 20.2 Å². The number of hydrogen-bond acceptors (Lipinski definition) is 6. The molecule has 0 saturated carbocycles. The fraction of sp³-hybridized carbons (Fsp3) is 0.188. The highest BCUT2D eigenvalue weighted by Crippen LogP contribution is 2.31. The summed E-state index contributed by atoms with van der Waals surface area (Å²) in [5.74, 6) is 1.01. The number of H-pyrrole nitrogens is 1. The average molecular weight is 308 g/mol. The van der Waals surface area contributed by atoms with Gasteiger partial charge in [0, 0.05) is 17.1 Å². The quantitative estimate of drug-likeness (QED) is 0.603. The van der Waals surface area contributed by atoms with Crippen LogP contribution in [0.25, 0.3) is 33.3 Å². The van der Waals surface area contributed by atoms with Crippen molar-refractivity contribution in [3.05, 3.63) is 36.4 Å². The second kappa shape index (κ2) is 5.06. The van der Waals surface area contributed by atoms with E-state index in [1.165, 1.54) is 0 Å². The molecule has 0 amide bonds. The van der Waals surface area contributed by atoms with Gasteiger partial charge in [0.2, 0.25) is 5.89 Å². The Morgan fingerprint density at radius 1 is 1.22 bits per heavy atom. The molecule has 0 aliphatic heterocycles. The topological polar surface area (TPSA) is 96.9 Å². The number of fused-ring (bicyclic) bond motifs is 3. The third-order valence-corrected chi connectivity index (χ3v) is 3.66. The fourth-order valence-electron chi connectivity index (χ4n) is 2.64. The van der Waals surface area contributed by atoms with Crippen LogP contribution in [-0.4, -0.2) is 39.2 Å². The number of nitrogen functional groups attached to an aromatic ring is 1. The van der Waals surface area contributed by atoms with E-state index in [0.29, 0.717) is 29.4 Å². The van der Waals surface area contributed by atoms with Gasteiger partial charge >= 0.3 is 0 Å². The lowest BCUT2D eigenvalue weighted by Gasteiger charge is -2.04. The van der Waals surface area contributed by atoms with Crippen molar-refractivity contribution in [1.82, 2.24) is 25.1 Å². The molecule has 3 N–H and O–H groups in total. The normalized spacial score (nSPS) is 11.8. The van der Waals surface area contributed by atoms with E-state index >= 15 is 0 Å². The Kier molecular flexibility index (Phi) is 3.02. The molecule has 0 radical (unpaired) electrons. The van der Waals surface area contributed by atoms with E-state index in [4.69, 9.17) is 10.2 Å². The first-order chi connectivity index (χ1) is 11.1. The molecule has 3 heterocycles. The maximum atomic E-state index is 6.07. The molecule has 7 heteroatoms. The van der Waals surface area contributed by atoms with Crippen LogP contribution in [0, 0.1) is 0 Å². The largest absolute Gasteiger partial charge is 0.438 e. The van der Waals surface area contributed by atoms with E-state index in [-0.39, 0.29) is 0 Å². The third kappa shape index (κ3) is 2.31. The highest BCUT2D eigenvalue weighted by atomic mass is 16.3. The van der Waals surface area contributed by atoms with Gasteiger partial charge in [-0.15, -0.1) is 0 Å². The van der Waals surface area contributed by atoms with E-state index in [0.717, 1.165) is 22.2 Å². The summed E-state index contributed by atoms with van der Waals surface area (Å²) < 4.78 is 5.91. The summed E-state index contributed by atoms with van der Waals surface area (Å²) in [6.07, 6.45) is 1.72. The number of oxazole rings is 1. The third-order valence-electron chi connectivity index (χ3n) is 3.66. The molecular formula is C16H16N6O. The molecule has 4 aromatic rings. The minimum Gasteiger partial charge on any atom is -0.438 e. The highest BCUT2D eigenvalue weighted by molar-refractivity contribution is 6.05. The van der Waals surface area contributed by atoms with Gasteiger partial charge in [0.25, 0.3) is 0 Å². The summed E-state index contributed by atoms with van der Waals surface area (Å²) in [5, 5.41) is 7.82. The number of pyridine rings is 1. The number of nitrogens with one attached hydrogen (secondary N) is 1. The number of rotatable bonds is 3. The zero-order valence-corrected chi connectivity index (χ0v) is 12.9. The average Bonchev–Trinajstić information content (AvgIpc) is 3.15. The van der Waals surface area contributed by atoms with Crippen LogP contribution >= 0.6 is 0 Å². The maximum Gasteiger partial charge on any atom is 0.209 e. The Balaban J connectivity index is 1.92. The minimum absolute atomic E-state index is 0.378. The van der Waals surface area contributed by atoms with Crippen LogP contribution in [0.4, 0.5) is 5.82 Å². The Hall–Kier alpha value is -2.93. The highest BCUT2D eigenvalue weighted by Gasteiger charge is 2.15.